The van der Waals surface area contributed by atoms with Crippen LogP contribution in [0.2, 0.25) is 5.02 Å². The number of pyridine rings is 1. The fourth-order valence-electron chi connectivity index (χ4n) is 5.61. The van der Waals surface area contributed by atoms with E-state index in [-0.39, 0.29) is 59.5 Å². The quantitative estimate of drug-likeness (QED) is 0.176. The highest BCUT2D eigenvalue weighted by atomic mass is 35.5. The number of thiophene rings is 1. The van der Waals surface area contributed by atoms with Crippen molar-refractivity contribution in [1.29, 1.82) is 5.26 Å². The fraction of sp³-hybridized carbons (Fsp3) is 0.303. The molecule has 0 spiro atoms. The summed E-state index contributed by atoms with van der Waals surface area (Å²) < 4.78 is 50.3. The molecule has 2 aromatic carbocycles. The van der Waals surface area contributed by atoms with Crippen molar-refractivity contribution in [3.63, 3.8) is 0 Å². The van der Waals surface area contributed by atoms with E-state index in [1.807, 2.05) is 12.1 Å². The Kier molecular flexibility index (Phi) is 9.32. The number of ether oxygens (including phenoxy) is 1. The summed E-state index contributed by atoms with van der Waals surface area (Å²) >= 11 is 7.67. The summed E-state index contributed by atoms with van der Waals surface area (Å²) in [4.78, 5) is 36.8. The summed E-state index contributed by atoms with van der Waals surface area (Å²) in [6.07, 6.45) is -4.83. The van der Waals surface area contributed by atoms with Crippen LogP contribution in [0.5, 0.6) is 5.75 Å². The Hall–Kier alpha value is -4.51. The molecule has 5 aromatic rings. The monoisotopic (exact) mass is 683 g/mol. The minimum absolute atomic E-state index is 0.0271. The van der Waals surface area contributed by atoms with E-state index in [1.165, 1.54) is 22.8 Å². The van der Waals surface area contributed by atoms with Crippen molar-refractivity contribution in [3.05, 3.63) is 84.4 Å². The van der Waals surface area contributed by atoms with Gasteiger partial charge in [0, 0.05) is 33.3 Å². The largest absolute Gasteiger partial charge is 0.491 e. The highest BCUT2D eigenvalue weighted by Gasteiger charge is 2.36. The van der Waals surface area contributed by atoms with Crippen LogP contribution in [-0.4, -0.2) is 57.8 Å². The molecule has 1 N–H and O–H groups in total. The Bertz CT molecular complexity index is 2170. The van der Waals surface area contributed by atoms with Gasteiger partial charge >= 0.3 is 12.1 Å². The molecule has 0 radical (unpaired) electrons. The molecule has 5 rings (SSSR count). The van der Waals surface area contributed by atoms with Crippen LogP contribution in [0, 0.1) is 32.1 Å². The summed E-state index contributed by atoms with van der Waals surface area (Å²) in [5.74, 6) is -0.520. The molecule has 3 aromatic heterocycles. The number of aromatic carboxylic acids is 1. The Labute approximate surface area is 276 Å². The topological polar surface area (TPSA) is 121 Å². The zero-order valence-corrected chi connectivity index (χ0v) is 27.6. The number of carboxylic acids is 1. The maximum Gasteiger partial charge on any atom is 0.416 e. The average Bonchev–Trinajstić information content (AvgIpc) is 3.32. The molecule has 0 unspecified atom stereocenters. The van der Waals surface area contributed by atoms with E-state index in [9.17, 15) is 33.1 Å². The second-order valence-electron chi connectivity index (χ2n) is 11.3. The second-order valence-corrected chi connectivity index (χ2v) is 12.9. The second kappa shape index (κ2) is 12.9. The summed E-state index contributed by atoms with van der Waals surface area (Å²) in [6, 6.07) is 9.50. The van der Waals surface area contributed by atoms with Gasteiger partial charge in [-0.3, -0.25) is 14.3 Å². The lowest BCUT2D eigenvalue weighted by atomic mass is 9.94. The number of nitriles is 1. The lowest BCUT2D eigenvalue weighted by molar-refractivity contribution is -0.138. The molecule has 0 aliphatic heterocycles. The predicted molar refractivity (Wildman–Crippen MR) is 175 cm³/mol. The van der Waals surface area contributed by atoms with Gasteiger partial charge in [-0.2, -0.15) is 18.4 Å². The van der Waals surface area contributed by atoms with Gasteiger partial charge in [0.1, 0.15) is 24.3 Å². The van der Waals surface area contributed by atoms with Crippen LogP contribution in [0.1, 0.15) is 43.4 Å². The number of likely N-dealkylation sites (N-methyl/N-ethyl adjacent to an activating group) is 1. The number of alkyl halides is 3. The van der Waals surface area contributed by atoms with Gasteiger partial charge in [0.25, 0.3) is 5.56 Å². The normalized spacial score (nSPS) is 11.9. The van der Waals surface area contributed by atoms with Gasteiger partial charge in [0.05, 0.1) is 44.4 Å². The maximum atomic E-state index is 14.1. The average molecular weight is 684 g/mol. The molecule has 0 atom stereocenters. The number of benzene rings is 2. The van der Waals surface area contributed by atoms with Gasteiger partial charge in [-0.15, -0.1) is 11.3 Å². The van der Waals surface area contributed by atoms with Gasteiger partial charge in [0.15, 0.2) is 0 Å². The summed E-state index contributed by atoms with van der Waals surface area (Å²) in [5, 5.41) is 20.1. The molecule has 0 saturated heterocycles. The van der Waals surface area contributed by atoms with E-state index in [2.05, 4.69) is 9.97 Å². The maximum absolute atomic E-state index is 14.1. The van der Waals surface area contributed by atoms with Crippen molar-refractivity contribution in [2.75, 3.05) is 27.2 Å². The van der Waals surface area contributed by atoms with Gasteiger partial charge in [0.2, 0.25) is 0 Å². The number of nitrogens with zero attached hydrogens (tertiary/aromatic N) is 5. The lowest BCUT2D eigenvalue weighted by Gasteiger charge is -2.19. The molecule has 0 amide bonds. The van der Waals surface area contributed by atoms with Crippen molar-refractivity contribution in [3.8, 4) is 22.9 Å². The smallest absolute Gasteiger partial charge is 0.416 e. The minimum atomic E-state index is -4.74. The number of fused-ring (bicyclic) bond motifs is 2. The van der Waals surface area contributed by atoms with E-state index >= 15 is 0 Å². The van der Waals surface area contributed by atoms with E-state index in [1.54, 1.807) is 51.0 Å². The van der Waals surface area contributed by atoms with Gasteiger partial charge in [-0.05, 0) is 77.2 Å². The van der Waals surface area contributed by atoms with Gasteiger partial charge in [-0.25, -0.2) is 9.78 Å². The molecule has 47 heavy (non-hydrogen) atoms. The van der Waals surface area contributed by atoms with Crippen LogP contribution in [0.4, 0.5) is 13.2 Å². The minimum Gasteiger partial charge on any atom is -0.491 e. The molecule has 0 fully saturated rings. The molecule has 3 heterocycles. The zero-order valence-electron chi connectivity index (χ0n) is 26.0. The Morgan fingerprint density at radius 3 is 2.51 bits per heavy atom. The first kappa shape index (κ1) is 33.8. The summed E-state index contributed by atoms with van der Waals surface area (Å²) in [7, 11) is 3.41. The van der Waals surface area contributed by atoms with Crippen molar-refractivity contribution in [2.24, 2.45) is 0 Å². The third-order valence-corrected chi connectivity index (χ3v) is 9.10. The number of halogens is 4. The molecule has 14 heteroatoms. The van der Waals surface area contributed by atoms with E-state index in [0.29, 0.717) is 42.7 Å². The molecular formula is C33H29ClF3N5O4S. The first-order valence-corrected chi connectivity index (χ1v) is 15.6. The van der Waals surface area contributed by atoms with E-state index < -0.39 is 23.3 Å². The van der Waals surface area contributed by atoms with Crippen molar-refractivity contribution in [2.45, 2.75) is 39.9 Å². The summed E-state index contributed by atoms with van der Waals surface area (Å²) in [6.45, 7) is 5.14. The number of carboxylic acid groups (broad SMARTS) is 1. The molecule has 0 aliphatic carbocycles. The molecular weight excluding hydrogens is 655 g/mol. The Balaban J connectivity index is 1.55. The zero-order chi connectivity index (χ0) is 34.4. The van der Waals surface area contributed by atoms with Gasteiger partial charge in [-0.1, -0.05) is 11.6 Å². The third-order valence-electron chi connectivity index (χ3n) is 7.74. The fourth-order valence-corrected chi connectivity index (χ4v) is 6.90. The van der Waals surface area contributed by atoms with Crippen molar-refractivity contribution < 1.29 is 27.8 Å². The lowest BCUT2D eigenvalue weighted by Crippen LogP contribution is -2.28. The van der Waals surface area contributed by atoms with Crippen LogP contribution in [0.25, 0.3) is 32.2 Å². The van der Waals surface area contributed by atoms with Crippen molar-refractivity contribution in [1.82, 2.24) is 19.4 Å². The predicted octanol–water partition coefficient (Wildman–Crippen LogP) is 7.02. The number of aromatic nitrogens is 3. The number of hydrogen-bond acceptors (Lipinski definition) is 8. The van der Waals surface area contributed by atoms with Crippen LogP contribution in [0.15, 0.2) is 35.1 Å². The Morgan fingerprint density at radius 1 is 1.15 bits per heavy atom. The van der Waals surface area contributed by atoms with E-state index in [0.717, 1.165) is 6.07 Å². The first-order valence-electron chi connectivity index (χ1n) is 14.4. The number of aryl methyl sites for hydroxylation is 3. The van der Waals surface area contributed by atoms with Crippen LogP contribution in [0.3, 0.4) is 0 Å². The molecule has 0 saturated carbocycles. The molecule has 0 bridgehead atoms. The Morgan fingerprint density at radius 2 is 1.87 bits per heavy atom. The highest BCUT2D eigenvalue weighted by molar-refractivity contribution is 7.20. The number of carbonyl (C=O) groups is 1. The summed E-state index contributed by atoms with van der Waals surface area (Å²) in [5.41, 5.74) is -0.0760. The highest BCUT2D eigenvalue weighted by Crippen LogP contribution is 2.42. The van der Waals surface area contributed by atoms with Crippen molar-refractivity contribution >= 4 is 50.0 Å². The molecule has 244 valence electrons. The van der Waals surface area contributed by atoms with Crippen LogP contribution in [-0.2, 0) is 19.1 Å². The SMILES string of the molecule is Cc1cc(-c2cc(Cl)ccc2OCCn2c(C)nc3cc(C(F)(F)F)c(CCN(C)C)c(C#N)c3c2=O)c2sc(C)c(C(=O)O)c2n1. The third kappa shape index (κ3) is 6.54. The van der Waals surface area contributed by atoms with Gasteiger partial charge < -0.3 is 14.7 Å². The number of hydrogen-bond donors (Lipinski definition) is 1. The standard InChI is InChI=1S/C33H29ClF3N5O4S/c1-16-12-22(30-29(39-16)27(32(44)45)17(2)47-30)21-13-19(34)6-7-26(21)46-11-10-42-18(3)40-25-14-24(33(35,36)37)20(8-9-41(4)5)23(15-38)28(25)31(42)43/h6-7,12-14H,8-11H2,1-5H3,(H,44,45). The van der Waals surface area contributed by atoms with Crippen LogP contribution >= 0.6 is 22.9 Å². The number of rotatable bonds is 9. The van der Waals surface area contributed by atoms with Crippen LogP contribution < -0.4 is 10.3 Å². The van der Waals surface area contributed by atoms with E-state index in [4.69, 9.17) is 16.3 Å². The molecule has 0 aliphatic rings. The first-order chi connectivity index (χ1) is 22.1. The molecule has 9 nitrogen and oxygen atoms in total.